The highest BCUT2D eigenvalue weighted by Crippen LogP contribution is 2.28. The lowest BCUT2D eigenvalue weighted by Crippen LogP contribution is -2.24. The zero-order valence-corrected chi connectivity index (χ0v) is 11.0. The first-order chi connectivity index (χ1) is 9.40. The molecule has 1 aromatic carbocycles. The Hall–Kier alpha value is -1.82. The molecule has 0 radical (unpaired) electrons. The van der Waals surface area contributed by atoms with E-state index in [-0.39, 0.29) is 13.2 Å². The second-order valence-corrected chi connectivity index (χ2v) is 4.59. The van der Waals surface area contributed by atoms with Crippen molar-refractivity contribution in [1.29, 1.82) is 0 Å². The number of alkyl halides is 3. The third kappa shape index (κ3) is 3.39. The number of aliphatic hydroxyl groups excluding tert-OH is 1. The molecule has 20 heavy (non-hydrogen) atoms. The van der Waals surface area contributed by atoms with Gasteiger partial charge in [0, 0.05) is 24.7 Å². The molecule has 0 aliphatic rings. The van der Waals surface area contributed by atoms with Crippen LogP contribution in [0.3, 0.4) is 0 Å². The number of pyridine rings is 1. The van der Waals surface area contributed by atoms with E-state index in [9.17, 15) is 18.3 Å². The number of hydrogen-bond donors (Lipinski definition) is 1. The first-order valence-corrected chi connectivity index (χ1v) is 6.18. The predicted octanol–water partition coefficient (Wildman–Crippen LogP) is 3.12. The number of anilines is 1. The summed E-state index contributed by atoms with van der Waals surface area (Å²) >= 11 is 0. The molecule has 0 unspecified atom stereocenters. The van der Waals surface area contributed by atoms with Crippen LogP contribution in [-0.4, -0.2) is 29.9 Å². The van der Waals surface area contributed by atoms with Gasteiger partial charge in [0.1, 0.15) is 0 Å². The van der Waals surface area contributed by atoms with E-state index in [0.29, 0.717) is 16.9 Å². The summed E-state index contributed by atoms with van der Waals surface area (Å²) < 4.78 is 36.9. The molecule has 6 heteroatoms. The van der Waals surface area contributed by atoms with E-state index < -0.39 is 12.6 Å². The normalized spacial score (nSPS) is 11.8. The van der Waals surface area contributed by atoms with E-state index >= 15 is 0 Å². The van der Waals surface area contributed by atoms with Gasteiger partial charge in [0.15, 0.2) is 0 Å². The summed E-state index contributed by atoms with van der Waals surface area (Å²) in [6.07, 6.45) is -5.06. The molecule has 2 rings (SSSR count). The SMILES string of the molecule is CN(CCC(F)(F)F)c1cc(CO)nc2ccccc12. The second kappa shape index (κ2) is 5.66. The van der Waals surface area contributed by atoms with E-state index in [2.05, 4.69) is 4.98 Å². The summed E-state index contributed by atoms with van der Waals surface area (Å²) in [5.74, 6) is 0. The van der Waals surface area contributed by atoms with E-state index in [1.54, 1.807) is 25.2 Å². The molecule has 0 spiro atoms. The molecule has 108 valence electrons. The Bertz CT molecular complexity index is 598. The number of nitrogens with zero attached hydrogens (tertiary/aromatic N) is 2. The minimum absolute atomic E-state index is 0.137. The van der Waals surface area contributed by atoms with Gasteiger partial charge in [-0.1, -0.05) is 18.2 Å². The quantitative estimate of drug-likeness (QED) is 0.937. The summed E-state index contributed by atoms with van der Waals surface area (Å²) in [4.78, 5) is 5.79. The van der Waals surface area contributed by atoms with Gasteiger partial charge < -0.3 is 10.0 Å². The first-order valence-electron chi connectivity index (χ1n) is 6.18. The molecule has 1 heterocycles. The van der Waals surface area contributed by atoms with E-state index in [1.165, 1.54) is 4.90 Å². The average Bonchev–Trinajstić information content (AvgIpc) is 2.42. The number of benzene rings is 1. The molecule has 0 aliphatic carbocycles. The van der Waals surface area contributed by atoms with Crippen LogP contribution < -0.4 is 4.90 Å². The van der Waals surface area contributed by atoms with Crippen molar-refractivity contribution in [1.82, 2.24) is 4.98 Å². The van der Waals surface area contributed by atoms with Crippen molar-refractivity contribution in [3.8, 4) is 0 Å². The topological polar surface area (TPSA) is 36.4 Å². The summed E-state index contributed by atoms with van der Waals surface area (Å²) in [5, 5.41) is 9.97. The average molecular weight is 284 g/mol. The maximum Gasteiger partial charge on any atom is 0.390 e. The fourth-order valence-corrected chi connectivity index (χ4v) is 2.02. The van der Waals surface area contributed by atoms with E-state index in [0.717, 1.165) is 5.39 Å². The highest BCUT2D eigenvalue weighted by molar-refractivity contribution is 5.91. The smallest absolute Gasteiger partial charge is 0.390 e. The van der Waals surface area contributed by atoms with Crippen molar-refractivity contribution in [2.75, 3.05) is 18.5 Å². The molecule has 0 saturated heterocycles. The van der Waals surface area contributed by atoms with Crippen LogP contribution in [0.1, 0.15) is 12.1 Å². The van der Waals surface area contributed by atoms with Crippen molar-refractivity contribution >= 4 is 16.6 Å². The molecule has 0 saturated carbocycles. The molecule has 0 atom stereocenters. The van der Waals surface area contributed by atoms with Gasteiger partial charge in [-0.05, 0) is 12.1 Å². The molecule has 1 N–H and O–H groups in total. The number of para-hydroxylation sites is 1. The minimum atomic E-state index is -4.18. The van der Waals surface area contributed by atoms with Crippen LogP contribution in [0.5, 0.6) is 0 Å². The number of hydrogen-bond acceptors (Lipinski definition) is 3. The van der Waals surface area contributed by atoms with Crippen LogP contribution in [0.25, 0.3) is 10.9 Å². The van der Waals surface area contributed by atoms with Crippen LogP contribution in [0.4, 0.5) is 18.9 Å². The Morgan fingerprint density at radius 1 is 1.25 bits per heavy atom. The van der Waals surface area contributed by atoms with E-state index in [4.69, 9.17) is 0 Å². The standard InChI is InChI=1S/C14H15F3N2O/c1-19(7-6-14(15,16)17)13-8-10(9-20)18-12-5-3-2-4-11(12)13/h2-5,8,20H,6-7,9H2,1H3. The van der Waals surface area contributed by atoms with Crippen LogP contribution in [0.15, 0.2) is 30.3 Å². The van der Waals surface area contributed by atoms with Gasteiger partial charge in [0.05, 0.1) is 24.2 Å². The zero-order chi connectivity index (χ0) is 14.8. The Morgan fingerprint density at radius 3 is 2.60 bits per heavy atom. The summed E-state index contributed by atoms with van der Waals surface area (Å²) in [6.45, 7) is -0.382. The molecule has 0 bridgehead atoms. The summed E-state index contributed by atoms with van der Waals surface area (Å²) in [5.41, 5.74) is 1.74. The highest BCUT2D eigenvalue weighted by Gasteiger charge is 2.27. The van der Waals surface area contributed by atoms with Crippen LogP contribution >= 0.6 is 0 Å². The number of aromatic nitrogens is 1. The lowest BCUT2D eigenvalue weighted by Gasteiger charge is -2.22. The number of aliphatic hydroxyl groups is 1. The van der Waals surface area contributed by atoms with Gasteiger partial charge in [-0.2, -0.15) is 13.2 Å². The highest BCUT2D eigenvalue weighted by atomic mass is 19.4. The maximum atomic E-state index is 12.3. The largest absolute Gasteiger partial charge is 0.390 e. The van der Waals surface area contributed by atoms with Crippen LogP contribution in [-0.2, 0) is 6.61 Å². The molecule has 0 amide bonds. The van der Waals surface area contributed by atoms with Gasteiger partial charge in [0.2, 0.25) is 0 Å². The Morgan fingerprint density at radius 2 is 1.95 bits per heavy atom. The minimum Gasteiger partial charge on any atom is -0.390 e. The van der Waals surface area contributed by atoms with Gasteiger partial charge >= 0.3 is 6.18 Å². The molecular formula is C14H15F3N2O. The van der Waals surface area contributed by atoms with Crippen LogP contribution in [0, 0.1) is 0 Å². The Kier molecular flexibility index (Phi) is 4.13. The monoisotopic (exact) mass is 284 g/mol. The predicted molar refractivity (Wildman–Crippen MR) is 71.6 cm³/mol. The maximum absolute atomic E-state index is 12.3. The molecule has 0 fully saturated rings. The van der Waals surface area contributed by atoms with Crippen LogP contribution in [0.2, 0.25) is 0 Å². The molecule has 3 nitrogen and oxygen atoms in total. The third-order valence-electron chi connectivity index (χ3n) is 3.05. The van der Waals surface area contributed by atoms with Gasteiger partial charge in [0.25, 0.3) is 0 Å². The third-order valence-corrected chi connectivity index (χ3v) is 3.05. The molecule has 2 aromatic rings. The first kappa shape index (κ1) is 14.6. The fourth-order valence-electron chi connectivity index (χ4n) is 2.02. The molecule has 0 aliphatic heterocycles. The zero-order valence-electron chi connectivity index (χ0n) is 11.0. The lowest BCUT2D eigenvalue weighted by atomic mass is 10.1. The Balaban J connectivity index is 2.36. The molecular weight excluding hydrogens is 269 g/mol. The van der Waals surface area contributed by atoms with Gasteiger partial charge in [-0.3, -0.25) is 4.98 Å². The summed E-state index contributed by atoms with van der Waals surface area (Å²) in [7, 11) is 1.61. The van der Waals surface area contributed by atoms with E-state index in [1.807, 2.05) is 12.1 Å². The van der Waals surface area contributed by atoms with Crippen molar-refractivity contribution in [2.24, 2.45) is 0 Å². The lowest BCUT2D eigenvalue weighted by molar-refractivity contribution is -0.132. The van der Waals surface area contributed by atoms with Crippen molar-refractivity contribution < 1.29 is 18.3 Å². The van der Waals surface area contributed by atoms with Crippen molar-refractivity contribution in [3.63, 3.8) is 0 Å². The summed E-state index contributed by atoms with van der Waals surface area (Å²) in [6, 6.07) is 8.82. The fraction of sp³-hybridized carbons (Fsp3) is 0.357. The van der Waals surface area contributed by atoms with Gasteiger partial charge in [-0.25, -0.2) is 0 Å². The van der Waals surface area contributed by atoms with Gasteiger partial charge in [-0.15, -0.1) is 0 Å². The second-order valence-electron chi connectivity index (χ2n) is 4.59. The number of halogens is 3. The Labute approximate surface area is 114 Å². The molecule has 1 aromatic heterocycles. The van der Waals surface area contributed by atoms with Crippen molar-refractivity contribution in [2.45, 2.75) is 19.2 Å². The van der Waals surface area contributed by atoms with Crippen molar-refractivity contribution in [3.05, 3.63) is 36.0 Å². The number of fused-ring (bicyclic) bond motifs is 1. The number of rotatable bonds is 4.